The number of anilines is 1. The van der Waals surface area contributed by atoms with Crippen LogP contribution >= 0.6 is 31.9 Å². The summed E-state index contributed by atoms with van der Waals surface area (Å²) in [5, 5.41) is 2.49. The van der Waals surface area contributed by atoms with E-state index in [4.69, 9.17) is 0 Å². The molecule has 0 spiro atoms. The fourth-order valence-electron chi connectivity index (χ4n) is 0.540. The molecule has 0 atom stereocenters. The Labute approximate surface area is 108 Å². The monoisotopic (exact) mass is 302 g/mol. The van der Waals surface area contributed by atoms with Crippen LogP contribution in [0.25, 0.3) is 0 Å². The van der Waals surface area contributed by atoms with E-state index in [-0.39, 0.29) is 29.6 Å². The summed E-state index contributed by atoms with van der Waals surface area (Å²) in [6.07, 6.45) is 1.57. The van der Waals surface area contributed by atoms with Gasteiger partial charge in [-0.05, 0) is 37.9 Å². The van der Waals surface area contributed by atoms with Gasteiger partial charge in [-0.15, -0.1) is 4.91 Å². The summed E-state index contributed by atoms with van der Waals surface area (Å²) in [5.41, 5.74) is 2.19. The minimum Gasteiger partial charge on any atom is -0.235 e. The molecule has 0 aromatic carbocycles. The van der Waals surface area contributed by atoms with Crippen molar-refractivity contribution in [2.75, 3.05) is 5.43 Å². The number of nitrogens with zero attached hydrogens (tertiary/aromatic N) is 2. The summed E-state index contributed by atoms with van der Waals surface area (Å²) in [6.45, 7) is 0. The van der Waals surface area contributed by atoms with Crippen LogP contribution in [-0.2, 0) is 0 Å². The van der Waals surface area contributed by atoms with E-state index in [9.17, 15) is 4.91 Å². The molecule has 1 aromatic rings. The zero-order valence-corrected chi connectivity index (χ0v) is 11.4. The first-order chi connectivity index (χ1) is 5.24. The maximum Gasteiger partial charge on any atom is 0.163 e. The summed E-state index contributed by atoms with van der Waals surface area (Å²) in [6, 6.07) is 1.76. The molecule has 1 aromatic heterocycles. The van der Waals surface area contributed by atoms with Crippen molar-refractivity contribution in [3.05, 3.63) is 26.1 Å². The largest absolute Gasteiger partial charge is 0.235 e. The predicted octanol–water partition coefficient (Wildman–Crippen LogP) is 2.32. The molecule has 0 unspecified atom stereocenters. The van der Waals surface area contributed by atoms with Gasteiger partial charge in [-0.25, -0.2) is 10.4 Å². The van der Waals surface area contributed by atoms with Gasteiger partial charge in [-0.3, -0.25) is 0 Å². The van der Waals surface area contributed by atoms with Crippen molar-refractivity contribution in [3.8, 4) is 0 Å². The first kappa shape index (κ1) is 12.5. The Morgan fingerprint density at radius 2 is 2.17 bits per heavy atom. The van der Waals surface area contributed by atoms with E-state index in [1.807, 2.05) is 0 Å². The smallest absolute Gasteiger partial charge is 0.163 e. The average molecular weight is 304 g/mol. The molecule has 1 radical (unpaired) electrons. The van der Waals surface area contributed by atoms with Crippen LogP contribution in [0.15, 0.2) is 26.5 Å². The number of nitroso groups, excluding NO2 is 1. The Morgan fingerprint density at radius 3 is 2.67 bits per heavy atom. The number of hydrogen-bond acceptors (Lipinski definition) is 3. The van der Waals surface area contributed by atoms with Crippen LogP contribution in [0, 0.1) is 4.91 Å². The van der Waals surface area contributed by atoms with Crippen LogP contribution in [0.2, 0.25) is 0 Å². The quantitative estimate of drug-likeness (QED) is 0.518. The van der Waals surface area contributed by atoms with Crippen molar-refractivity contribution >= 4 is 67.2 Å². The van der Waals surface area contributed by atoms with Gasteiger partial charge in [0.2, 0.25) is 0 Å². The second-order valence-corrected chi connectivity index (χ2v) is 3.46. The average Bonchev–Trinajstić information content (AvgIpc) is 1.95. The molecular formula is C5H3Br2N3NaO. The zero-order valence-electron chi connectivity index (χ0n) is 6.21. The van der Waals surface area contributed by atoms with Gasteiger partial charge >= 0.3 is 0 Å². The van der Waals surface area contributed by atoms with Gasteiger partial charge in [0.05, 0.1) is 9.76 Å². The number of halogens is 2. The number of aromatic nitrogens is 1. The van der Waals surface area contributed by atoms with E-state index in [2.05, 4.69) is 47.6 Å². The summed E-state index contributed by atoms with van der Waals surface area (Å²) in [5.74, 6) is 0.406. The zero-order chi connectivity index (χ0) is 8.27. The van der Waals surface area contributed by atoms with E-state index in [1.54, 1.807) is 12.3 Å². The van der Waals surface area contributed by atoms with Gasteiger partial charge in [0.1, 0.15) is 0 Å². The first-order valence-corrected chi connectivity index (χ1v) is 4.22. The fourth-order valence-corrected chi connectivity index (χ4v) is 1.62. The number of rotatable bonds is 2. The van der Waals surface area contributed by atoms with Crippen molar-refractivity contribution in [1.29, 1.82) is 0 Å². The second kappa shape index (κ2) is 6.04. The summed E-state index contributed by atoms with van der Waals surface area (Å²) >= 11 is 6.41. The molecule has 1 N–H and O–H groups in total. The number of pyridine rings is 1. The van der Waals surface area contributed by atoms with E-state index < -0.39 is 0 Å². The Hall–Kier alpha value is 0.510. The first-order valence-electron chi connectivity index (χ1n) is 2.63. The summed E-state index contributed by atoms with van der Waals surface area (Å²) in [7, 11) is 0. The minimum absolute atomic E-state index is 0. The van der Waals surface area contributed by atoms with Gasteiger partial charge in [-0.2, -0.15) is 0 Å². The van der Waals surface area contributed by atoms with Gasteiger partial charge in [-0.1, -0.05) is 0 Å². The minimum atomic E-state index is 0. The molecule has 4 nitrogen and oxygen atoms in total. The van der Waals surface area contributed by atoms with Gasteiger partial charge < -0.3 is 0 Å². The number of nitrogens with one attached hydrogen (secondary N) is 1. The predicted molar refractivity (Wildman–Crippen MR) is 54.8 cm³/mol. The van der Waals surface area contributed by atoms with E-state index in [0.29, 0.717) is 10.3 Å². The standard InChI is InChI=1S/C5H3Br2N3O.Na/c6-3-1-4(7)5(8-2-3)9-10-11;/h1-2H,(H,8,9,11);. The summed E-state index contributed by atoms with van der Waals surface area (Å²) < 4.78 is 1.52. The van der Waals surface area contributed by atoms with Gasteiger partial charge in [0.25, 0.3) is 0 Å². The van der Waals surface area contributed by atoms with E-state index >= 15 is 0 Å². The van der Waals surface area contributed by atoms with Crippen LogP contribution in [0.3, 0.4) is 0 Å². The van der Waals surface area contributed by atoms with Gasteiger partial charge in [0.15, 0.2) is 5.82 Å². The maximum absolute atomic E-state index is 9.78. The van der Waals surface area contributed by atoms with E-state index in [0.717, 1.165) is 4.47 Å². The Bertz CT molecular complexity index is 283. The molecular weight excluding hydrogens is 301 g/mol. The molecule has 0 aliphatic heterocycles. The normalized spacial score (nSPS) is 8.50. The van der Waals surface area contributed by atoms with Crippen LogP contribution in [0.5, 0.6) is 0 Å². The maximum atomic E-state index is 9.78. The van der Waals surface area contributed by atoms with Crippen molar-refractivity contribution in [2.45, 2.75) is 0 Å². The van der Waals surface area contributed by atoms with Crippen molar-refractivity contribution in [2.24, 2.45) is 5.29 Å². The van der Waals surface area contributed by atoms with Crippen LogP contribution in [0.1, 0.15) is 0 Å². The third-order valence-corrected chi connectivity index (χ3v) is 2.00. The molecule has 1 heterocycles. The second-order valence-electron chi connectivity index (χ2n) is 1.69. The Morgan fingerprint density at radius 1 is 1.50 bits per heavy atom. The Kier molecular flexibility index (Phi) is 6.30. The van der Waals surface area contributed by atoms with Gasteiger partial charge in [0, 0.05) is 40.2 Å². The van der Waals surface area contributed by atoms with Crippen LogP contribution in [-0.4, -0.2) is 34.5 Å². The summed E-state index contributed by atoms with van der Waals surface area (Å²) in [4.78, 5) is 13.6. The SMILES string of the molecule is O=NNc1ncc(Br)cc1Br.[Na]. The molecule has 7 heteroatoms. The van der Waals surface area contributed by atoms with Crippen LogP contribution in [0.4, 0.5) is 5.82 Å². The van der Waals surface area contributed by atoms with Crippen molar-refractivity contribution in [1.82, 2.24) is 4.98 Å². The molecule has 0 amide bonds. The van der Waals surface area contributed by atoms with E-state index in [1.165, 1.54) is 0 Å². The van der Waals surface area contributed by atoms with Crippen molar-refractivity contribution < 1.29 is 0 Å². The molecule has 1 rings (SSSR count). The molecule has 12 heavy (non-hydrogen) atoms. The molecule has 0 aliphatic rings. The fraction of sp³-hybridized carbons (Fsp3) is 0. The Balaban J connectivity index is 0.00000121. The molecule has 0 aliphatic carbocycles. The molecule has 0 bridgehead atoms. The molecule has 0 saturated carbocycles. The van der Waals surface area contributed by atoms with Crippen molar-refractivity contribution in [3.63, 3.8) is 0 Å². The molecule has 0 fully saturated rings. The van der Waals surface area contributed by atoms with Crippen LogP contribution < -0.4 is 5.43 Å². The topological polar surface area (TPSA) is 54.4 Å². The molecule has 59 valence electrons. The third-order valence-electron chi connectivity index (χ3n) is 0.959. The molecule has 0 saturated heterocycles. The number of hydrogen-bond donors (Lipinski definition) is 1. The third kappa shape index (κ3) is 3.49.